The van der Waals surface area contributed by atoms with Crippen molar-refractivity contribution in [1.82, 2.24) is 9.88 Å². The summed E-state index contributed by atoms with van der Waals surface area (Å²) in [4.78, 5) is 24.8. The summed E-state index contributed by atoms with van der Waals surface area (Å²) in [5, 5.41) is 22.3. The first-order chi connectivity index (χ1) is 17.4. The minimum Gasteiger partial charge on any atom is -0.493 e. The molecule has 0 saturated heterocycles. The maximum atomic E-state index is 12.4. The summed E-state index contributed by atoms with van der Waals surface area (Å²) in [7, 11) is 2.96. The van der Waals surface area contributed by atoms with E-state index in [-0.39, 0.29) is 23.7 Å². The van der Waals surface area contributed by atoms with Crippen LogP contribution in [-0.4, -0.2) is 42.3 Å². The van der Waals surface area contributed by atoms with Gasteiger partial charge in [-0.2, -0.15) is 0 Å². The second-order valence-corrected chi connectivity index (χ2v) is 8.12. The van der Waals surface area contributed by atoms with E-state index in [2.05, 4.69) is 15.5 Å². The van der Waals surface area contributed by atoms with Crippen LogP contribution in [0.3, 0.4) is 0 Å². The summed E-state index contributed by atoms with van der Waals surface area (Å²) < 4.78 is 12.0. The Labute approximate surface area is 211 Å². The Kier molecular flexibility index (Phi) is 7.50. The number of nitrogens with one attached hydrogen (secondary N) is 1. The van der Waals surface area contributed by atoms with E-state index in [1.54, 1.807) is 34.9 Å². The number of carbonyl (C=O) groups is 2. The molecule has 9 nitrogen and oxygen atoms in total. The van der Waals surface area contributed by atoms with E-state index in [0.717, 1.165) is 5.56 Å². The number of rotatable bonds is 8. The number of hydrogen-bond acceptors (Lipinski definition) is 6. The zero-order chi connectivity index (χ0) is 25.7. The van der Waals surface area contributed by atoms with Gasteiger partial charge in [-0.1, -0.05) is 48.0 Å². The maximum absolute atomic E-state index is 12.4. The van der Waals surface area contributed by atoms with Gasteiger partial charge in [0.1, 0.15) is 6.54 Å². The topological polar surface area (TPSA) is 115 Å². The summed E-state index contributed by atoms with van der Waals surface area (Å²) in [5.74, 6) is -0.459. The first kappa shape index (κ1) is 24.7. The van der Waals surface area contributed by atoms with Gasteiger partial charge in [-0.05, 0) is 35.9 Å². The lowest BCUT2D eigenvalue weighted by atomic mass is 10.2. The van der Waals surface area contributed by atoms with Crippen molar-refractivity contribution >= 4 is 40.0 Å². The van der Waals surface area contributed by atoms with E-state index in [1.165, 1.54) is 20.3 Å². The van der Waals surface area contributed by atoms with Crippen LogP contribution < -0.4 is 14.8 Å². The molecule has 0 aliphatic rings. The summed E-state index contributed by atoms with van der Waals surface area (Å²) in [6.07, 6.45) is 0. The predicted molar refractivity (Wildman–Crippen MR) is 136 cm³/mol. The van der Waals surface area contributed by atoms with Gasteiger partial charge in [-0.15, -0.1) is 10.2 Å². The Morgan fingerprint density at radius 1 is 1.00 bits per heavy atom. The van der Waals surface area contributed by atoms with Gasteiger partial charge in [0.2, 0.25) is 5.88 Å². The molecular weight excluding hydrogens is 484 g/mol. The quantitative estimate of drug-likeness (QED) is 0.322. The Bertz CT molecular complexity index is 1460. The van der Waals surface area contributed by atoms with Gasteiger partial charge in [-0.25, -0.2) is 0 Å². The minimum atomic E-state index is -0.689. The zero-order valence-corrected chi connectivity index (χ0v) is 20.3. The standard InChI is InChI=1S/C26H23ClN4O5/c1-35-21-12-11-16(13-22(21)36-2)25(33)28-14-23(32)29-30-24-18-8-4-6-10-20(18)31(26(24)34)15-17-7-3-5-9-19(17)27/h3-13,34H,14-15H2,1-2H3,(H,28,33). The highest BCUT2D eigenvalue weighted by Crippen LogP contribution is 2.39. The van der Waals surface area contributed by atoms with E-state index in [4.69, 9.17) is 21.1 Å². The molecule has 3 aromatic carbocycles. The fraction of sp³-hybridized carbons (Fsp3) is 0.154. The number of hydrogen-bond donors (Lipinski definition) is 2. The average Bonchev–Trinajstić information content (AvgIpc) is 3.17. The van der Waals surface area contributed by atoms with E-state index in [0.29, 0.717) is 34.0 Å². The first-order valence-electron chi connectivity index (χ1n) is 10.9. The molecule has 4 rings (SSSR count). The number of methoxy groups -OCH3 is 2. The lowest BCUT2D eigenvalue weighted by molar-refractivity contribution is -0.117. The molecule has 0 atom stereocenters. The van der Waals surface area contributed by atoms with Crippen LogP contribution in [0.5, 0.6) is 17.4 Å². The molecule has 2 amide bonds. The maximum Gasteiger partial charge on any atom is 0.283 e. The van der Waals surface area contributed by atoms with Crippen molar-refractivity contribution < 1.29 is 24.2 Å². The number of fused-ring (bicyclic) bond motifs is 1. The molecule has 0 saturated carbocycles. The minimum absolute atomic E-state index is 0.150. The Morgan fingerprint density at radius 2 is 1.72 bits per heavy atom. The van der Waals surface area contributed by atoms with Crippen molar-refractivity contribution in [2.75, 3.05) is 20.8 Å². The van der Waals surface area contributed by atoms with Crippen molar-refractivity contribution in [3.63, 3.8) is 0 Å². The summed E-state index contributed by atoms with van der Waals surface area (Å²) in [5.41, 5.74) is 1.96. The number of benzene rings is 3. The fourth-order valence-electron chi connectivity index (χ4n) is 3.70. The second-order valence-electron chi connectivity index (χ2n) is 7.71. The molecule has 0 bridgehead atoms. The van der Waals surface area contributed by atoms with Crippen LogP contribution in [0.25, 0.3) is 10.9 Å². The van der Waals surface area contributed by atoms with Crippen molar-refractivity contribution in [3.8, 4) is 17.4 Å². The van der Waals surface area contributed by atoms with Gasteiger partial charge in [0.15, 0.2) is 17.2 Å². The molecule has 4 aromatic rings. The van der Waals surface area contributed by atoms with Crippen LogP contribution in [-0.2, 0) is 11.3 Å². The monoisotopic (exact) mass is 506 g/mol. The number of aromatic nitrogens is 1. The molecule has 0 radical (unpaired) electrons. The number of azo groups is 1. The Morgan fingerprint density at radius 3 is 2.47 bits per heavy atom. The highest BCUT2D eigenvalue weighted by Gasteiger charge is 2.18. The van der Waals surface area contributed by atoms with E-state index in [1.807, 2.05) is 30.3 Å². The molecule has 2 N–H and O–H groups in total. The number of nitrogens with zero attached hydrogens (tertiary/aromatic N) is 3. The Hall–Kier alpha value is -4.37. The van der Waals surface area contributed by atoms with Gasteiger partial charge < -0.3 is 24.5 Å². The number of ether oxygens (including phenoxy) is 2. The molecule has 1 aromatic heterocycles. The third kappa shape index (κ3) is 5.16. The van der Waals surface area contributed by atoms with Crippen LogP contribution >= 0.6 is 11.6 Å². The van der Waals surface area contributed by atoms with Crippen molar-refractivity contribution in [3.05, 3.63) is 82.9 Å². The van der Waals surface area contributed by atoms with Gasteiger partial charge in [0, 0.05) is 16.0 Å². The van der Waals surface area contributed by atoms with Crippen LogP contribution in [0.2, 0.25) is 5.02 Å². The smallest absolute Gasteiger partial charge is 0.283 e. The van der Waals surface area contributed by atoms with Gasteiger partial charge >= 0.3 is 0 Å². The molecular formula is C26H23ClN4O5. The van der Waals surface area contributed by atoms with E-state index < -0.39 is 11.8 Å². The number of halogens is 1. The highest BCUT2D eigenvalue weighted by molar-refractivity contribution is 6.31. The second kappa shape index (κ2) is 10.9. The molecule has 1 heterocycles. The molecule has 0 fully saturated rings. The molecule has 0 aliphatic carbocycles. The zero-order valence-electron chi connectivity index (χ0n) is 19.6. The van der Waals surface area contributed by atoms with Gasteiger partial charge in [0.05, 0.1) is 26.3 Å². The first-order valence-corrected chi connectivity index (χ1v) is 11.3. The third-order valence-electron chi connectivity index (χ3n) is 5.51. The van der Waals surface area contributed by atoms with Crippen molar-refractivity contribution in [2.45, 2.75) is 6.54 Å². The van der Waals surface area contributed by atoms with Crippen LogP contribution in [0.15, 0.2) is 77.0 Å². The largest absolute Gasteiger partial charge is 0.493 e. The SMILES string of the molecule is COc1ccc(C(=O)NCC(=O)N=Nc2c(O)n(Cc3ccccc3Cl)c3ccccc23)cc1OC. The lowest BCUT2D eigenvalue weighted by Gasteiger charge is -2.09. The molecule has 0 unspecified atom stereocenters. The van der Waals surface area contributed by atoms with Gasteiger partial charge in [0.25, 0.3) is 11.8 Å². The number of amides is 2. The summed E-state index contributed by atoms with van der Waals surface area (Å²) >= 11 is 6.29. The molecule has 0 aliphatic heterocycles. The predicted octanol–water partition coefficient (Wildman–Crippen LogP) is 5.11. The van der Waals surface area contributed by atoms with Gasteiger partial charge in [-0.3, -0.25) is 9.59 Å². The van der Waals surface area contributed by atoms with E-state index in [9.17, 15) is 14.7 Å². The molecule has 10 heteroatoms. The molecule has 184 valence electrons. The lowest BCUT2D eigenvalue weighted by Crippen LogP contribution is -2.28. The fourth-order valence-corrected chi connectivity index (χ4v) is 3.90. The van der Waals surface area contributed by atoms with Crippen molar-refractivity contribution in [2.24, 2.45) is 10.2 Å². The van der Waals surface area contributed by atoms with Crippen molar-refractivity contribution in [1.29, 1.82) is 0 Å². The van der Waals surface area contributed by atoms with Crippen LogP contribution in [0, 0.1) is 0 Å². The van der Waals surface area contributed by atoms with E-state index >= 15 is 0 Å². The van der Waals surface area contributed by atoms with Crippen LogP contribution in [0.4, 0.5) is 5.69 Å². The number of carbonyl (C=O) groups excluding carboxylic acids is 2. The summed E-state index contributed by atoms with van der Waals surface area (Å²) in [6.45, 7) is -0.0768. The number of aromatic hydroxyl groups is 1. The Balaban J connectivity index is 1.50. The molecule has 0 spiro atoms. The summed E-state index contributed by atoms with van der Waals surface area (Å²) in [6, 6.07) is 19.2. The normalized spacial score (nSPS) is 11.1. The third-order valence-corrected chi connectivity index (χ3v) is 5.88. The van der Waals surface area contributed by atoms with Crippen LogP contribution in [0.1, 0.15) is 15.9 Å². The number of para-hydroxylation sites is 1. The highest BCUT2D eigenvalue weighted by atomic mass is 35.5. The molecule has 36 heavy (non-hydrogen) atoms. The average molecular weight is 507 g/mol.